The topological polar surface area (TPSA) is 51.2 Å². The SMILES string of the molecule is COC(=O)C1=C(C)NC(C)=CC1c1ccc(-c2cccc(C)c2)nc1. The molecule has 1 N–H and O–H groups in total. The molecule has 1 atom stereocenters. The maximum atomic E-state index is 12.2. The molecule has 4 nitrogen and oxygen atoms in total. The summed E-state index contributed by atoms with van der Waals surface area (Å²) in [4.78, 5) is 16.8. The Kier molecular flexibility index (Phi) is 4.70. The molecule has 3 rings (SSSR count). The Morgan fingerprint density at radius 3 is 2.60 bits per heavy atom. The number of esters is 1. The fraction of sp³-hybridized carbons (Fsp3) is 0.238. The van der Waals surface area contributed by atoms with Gasteiger partial charge in [-0.25, -0.2) is 4.79 Å². The number of carbonyl (C=O) groups is 1. The van der Waals surface area contributed by atoms with E-state index < -0.39 is 0 Å². The highest BCUT2D eigenvalue weighted by molar-refractivity contribution is 5.92. The molecule has 0 saturated heterocycles. The quantitative estimate of drug-likeness (QED) is 0.859. The zero-order valence-electron chi connectivity index (χ0n) is 15.0. The van der Waals surface area contributed by atoms with Crippen molar-refractivity contribution < 1.29 is 9.53 Å². The second kappa shape index (κ2) is 6.93. The van der Waals surface area contributed by atoms with Gasteiger partial charge in [-0.05, 0) is 38.5 Å². The average Bonchev–Trinajstić information content (AvgIpc) is 2.60. The number of pyridine rings is 1. The normalized spacial score (nSPS) is 17.0. The van der Waals surface area contributed by atoms with Crippen molar-refractivity contribution in [3.05, 3.63) is 76.8 Å². The maximum absolute atomic E-state index is 12.2. The minimum atomic E-state index is -0.318. The summed E-state index contributed by atoms with van der Waals surface area (Å²) < 4.78 is 4.97. The van der Waals surface area contributed by atoms with E-state index in [1.807, 2.05) is 50.4 Å². The first-order chi connectivity index (χ1) is 12.0. The van der Waals surface area contributed by atoms with Gasteiger partial charge < -0.3 is 10.1 Å². The Hall–Kier alpha value is -2.88. The first-order valence-electron chi connectivity index (χ1n) is 8.27. The van der Waals surface area contributed by atoms with Crippen molar-refractivity contribution in [2.24, 2.45) is 0 Å². The van der Waals surface area contributed by atoms with Gasteiger partial charge in [0.15, 0.2) is 0 Å². The van der Waals surface area contributed by atoms with E-state index in [4.69, 9.17) is 4.74 Å². The molecule has 0 radical (unpaired) electrons. The van der Waals surface area contributed by atoms with Gasteiger partial charge in [0.25, 0.3) is 0 Å². The van der Waals surface area contributed by atoms with Gasteiger partial charge >= 0.3 is 5.97 Å². The molecule has 0 aliphatic carbocycles. The van der Waals surface area contributed by atoms with E-state index in [-0.39, 0.29) is 11.9 Å². The summed E-state index contributed by atoms with van der Waals surface area (Å²) in [6, 6.07) is 12.3. The second-order valence-corrected chi connectivity index (χ2v) is 6.33. The van der Waals surface area contributed by atoms with Gasteiger partial charge in [0, 0.05) is 29.1 Å². The second-order valence-electron chi connectivity index (χ2n) is 6.33. The number of nitrogens with zero attached hydrogens (tertiary/aromatic N) is 1. The number of rotatable bonds is 3. The highest BCUT2D eigenvalue weighted by Crippen LogP contribution is 2.33. The van der Waals surface area contributed by atoms with Crippen LogP contribution in [0.5, 0.6) is 0 Å². The van der Waals surface area contributed by atoms with Crippen molar-refractivity contribution in [2.45, 2.75) is 26.7 Å². The lowest BCUT2D eigenvalue weighted by atomic mass is 9.87. The van der Waals surface area contributed by atoms with Crippen molar-refractivity contribution in [1.82, 2.24) is 10.3 Å². The molecule has 1 aromatic heterocycles. The van der Waals surface area contributed by atoms with Crippen molar-refractivity contribution in [3.63, 3.8) is 0 Å². The monoisotopic (exact) mass is 334 g/mol. The highest BCUT2D eigenvalue weighted by atomic mass is 16.5. The van der Waals surface area contributed by atoms with Crippen LogP contribution in [0.25, 0.3) is 11.3 Å². The fourth-order valence-electron chi connectivity index (χ4n) is 3.19. The summed E-state index contributed by atoms with van der Waals surface area (Å²) in [6.07, 6.45) is 3.87. The molecule has 0 fully saturated rings. The van der Waals surface area contributed by atoms with Crippen molar-refractivity contribution >= 4 is 5.97 Å². The molecular weight excluding hydrogens is 312 g/mol. The molecule has 1 aliphatic rings. The van der Waals surface area contributed by atoms with E-state index in [9.17, 15) is 4.79 Å². The number of carbonyl (C=O) groups excluding carboxylic acids is 1. The number of ether oxygens (including phenoxy) is 1. The van der Waals surface area contributed by atoms with Crippen LogP contribution in [0.1, 0.15) is 30.9 Å². The summed E-state index contributed by atoms with van der Waals surface area (Å²) in [6.45, 7) is 5.94. The molecule has 4 heteroatoms. The van der Waals surface area contributed by atoms with Crippen LogP contribution in [0, 0.1) is 6.92 Å². The van der Waals surface area contributed by atoms with Crippen LogP contribution in [0.2, 0.25) is 0 Å². The molecule has 1 aliphatic heterocycles. The lowest BCUT2D eigenvalue weighted by molar-refractivity contribution is -0.136. The van der Waals surface area contributed by atoms with Crippen LogP contribution in [-0.2, 0) is 9.53 Å². The number of dihydropyridines is 1. The largest absolute Gasteiger partial charge is 0.466 e. The van der Waals surface area contributed by atoms with E-state index in [0.717, 1.165) is 28.2 Å². The molecule has 0 bridgehead atoms. The predicted molar refractivity (Wildman–Crippen MR) is 98.8 cm³/mol. The Morgan fingerprint density at radius 1 is 1.16 bits per heavy atom. The molecule has 128 valence electrons. The number of nitrogens with one attached hydrogen (secondary N) is 1. The van der Waals surface area contributed by atoms with Gasteiger partial charge in [-0.1, -0.05) is 35.9 Å². The van der Waals surface area contributed by atoms with Crippen molar-refractivity contribution in [1.29, 1.82) is 0 Å². The molecule has 0 saturated carbocycles. The van der Waals surface area contributed by atoms with Crippen molar-refractivity contribution in [2.75, 3.05) is 7.11 Å². The number of benzene rings is 1. The van der Waals surface area contributed by atoms with E-state index >= 15 is 0 Å². The predicted octanol–water partition coefficient (Wildman–Crippen LogP) is 4.09. The van der Waals surface area contributed by atoms with Gasteiger partial charge in [0.2, 0.25) is 0 Å². The summed E-state index contributed by atoms with van der Waals surface area (Å²) >= 11 is 0. The summed E-state index contributed by atoms with van der Waals surface area (Å²) in [5, 5.41) is 3.21. The zero-order valence-corrected chi connectivity index (χ0v) is 15.0. The van der Waals surface area contributed by atoms with Gasteiger partial charge in [-0.3, -0.25) is 4.98 Å². The van der Waals surface area contributed by atoms with Gasteiger partial charge in [0.05, 0.1) is 18.4 Å². The van der Waals surface area contributed by atoms with Crippen LogP contribution in [0.15, 0.2) is 65.6 Å². The summed E-state index contributed by atoms with van der Waals surface area (Å²) in [5.41, 5.74) is 6.63. The van der Waals surface area contributed by atoms with Crippen LogP contribution >= 0.6 is 0 Å². The Bertz CT molecular complexity index is 864. The molecule has 2 heterocycles. The van der Waals surface area contributed by atoms with Crippen LogP contribution < -0.4 is 5.32 Å². The summed E-state index contributed by atoms with van der Waals surface area (Å²) in [7, 11) is 1.41. The molecule has 0 spiro atoms. The van der Waals surface area contributed by atoms with Crippen LogP contribution in [-0.4, -0.2) is 18.1 Å². The first kappa shape index (κ1) is 17.0. The van der Waals surface area contributed by atoms with E-state index in [0.29, 0.717) is 5.57 Å². The lowest BCUT2D eigenvalue weighted by Gasteiger charge is -2.25. The molecule has 25 heavy (non-hydrogen) atoms. The smallest absolute Gasteiger partial charge is 0.336 e. The standard InChI is InChI=1S/C21H22N2O2/c1-13-6-5-7-16(10-13)19-9-8-17(12-22-19)18-11-14(2)23-15(3)20(18)21(24)25-4/h5-12,18,23H,1-4H3. The highest BCUT2D eigenvalue weighted by Gasteiger charge is 2.27. The molecule has 2 aromatic rings. The number of methoxy groups -OCH3 is 1. The number of aryl methyl sites for hydroxylation is 1. The number of allylic oxidation sites excluding steroid dienone is 3. The average molecular weight is 334 g/mol. The van der Waals surface area contributed by atoms with E-state index in [1.54, 1.807) is 0 Å². The number of hydrogen-bond donors (Lipinski definition) is 1. The maximum Gasteiger partial charge on any atom is 0.336 e. The number of aromatic nitrogens is 1. The van der Waals surface area contributed by atoms with Gasteiger partial charge in [-0.2, -0.15) is 0 Å². The Balaban J connectivity index is 1.97. The molecule has 1 aromatic carbocycles. The third kappa shape index (κ3) is 3.48. The fourth-order valence-corrected chi connectivity index (χ4v) is 3.19. The minimum Gasteiger partial charge on any atom is -0.466 e. The summed E-state index contributed by atoms with van der Waals surface area (Å²) in [5.74, 6) is -0.478. The van der Waals surface area contributed by atoms with Gasteiger partial charge in [0.1, 0.15) is 0 Å². The third-order valence-corrected chi connectivity index (χ3v) is 4.38. The number of hydrogen-bond acceptors (Lipinski definition) is 4. The van der Waals surface area contributed by atoms with Crippen LogP contribution in [0.4, 0.5) is 0 Å². The lowest BCUT2D eigenvalue weighted by Crippen LogP contribution is -2.25. The van der Waals surface area contributed by atoms with Crippen LogP contribution in [0.3, 0.4) is 0 Å². The van der Waals surface area contributed by atoms with E-state index in [2.05, 4.69) is 29.4 Å². The zero-order chi connectivity index (χ0) is 18.0. The van der Waals surface area contributed by atoms with E-state index in [1.165, 1.54) is 12.7 Å². The Morgan fingerprint density at radius 2 is 1.96 bits per heavy atom. The molecule has 1 unspecified atom stereocenters. The molecule has 0 amide bonds. The Labute approximate surface area is 148 Å². The van der Waals surface area contributed by atoms with Gasteiger partial charge in [-0.15, -0.1) is 0 Å². The molecular formula is C21H22N2O2. The third-order valence-electron chi connectivity index (χ3n) is 4.38. The van der Waals surface area contributed by atoms with Crippen molar-refractivity contribution in [3.8, 4) is 11.3 Å². The minimum absolute atomic E-state index is 0.159. The first-order valence-corrected chi connectivity index (χ1v) is 8.27.